The molecule has 3 aromatic rings. The molecule has 28 heavy (non-hydrogen) atoms. The molecule has 2 atom stereocenters. The Balaban J connectivity index is 1.69. The van der Waals surface area contributed by atoms with Crippen molar-refractivity contribution in [2.24, 2.45) is 0 Å². The van der Waals surface area contributed by atoms with Crippen molar-refractivity contribution in [3.05, 3.63) is 72.6 Å². The van der Waals surface area contributed by atoms with E-state index < -0.39 is 18.1 Å². The fourth-order valence-electron chi connectivity index (χ4n) is 2.60. The molecule has 2 aromatic carbocycles. The molecule has 3 N–H and O–H groups in total. The van der Waals surface area contributed by atoms with Gasteiger partial charge in [-0.3, -0.25) is 0 Å². The minimum atomic E-state index is -1.16. The highest BCUT2D eigenvalue weighted by atomic mass is 16.5. The van der Waals surface area contributed by atoms with Gasteiger partial charge in [0.1, 0.15) is 24.5 Å². The molecule has 0 saturated heterocycles. The second-order valence-corrected chi connectivity index (χ2v) is 6.29. The number of hydrogen-bond donors (Lipinski definition) is 3. The lowest BCUT2D eigenvalue weighted by molar-refractivity contribution is -0.140. The normalized spacial score (nSPS) is 12.8. The summed E-state index contributed by atoms with van der Waals surface area (Å²) < 4.78 is 5.77. The van der Waals surface area contributed by atoms with Crippen LogP contribution in [0.2, 0.25) is 0 Å². The van der Waals surface area contributed by atoms with E-state index in [9.17, 15) is 15.0 Å². The quantitative estimate of drug-likeness (QED) is 0.553. The Morgan fingerprint density at radius 1 is 1.11 bits per heavy atom. The minimum Gasteiger partial charge on any atom is -0.489 e. The van der Waals surface area contributed by atoms with Crippen LogP contribution in [0.15, 0.2) is 67.0 Å². The average molecular weight is 379 g/mol. The Kier molecular flexibility index (Phi) is 6.18. The largest absolute Gasteiger partial charge is 0.489 e. The first-order chi connectivity index (χ1) is 13.5. The summed E-state index contributed by atoms with van der Waals surface area (Å²) in [6, 6.07) is 17.8. The molecule has 0 aliphatic rings. The summed E-state index contributed by atoms with van der Waals surface area (Å²) in [6.45, 7) is 1.89. The number of anilines is 1. The van der Waals surface area contributed by atoms with Crippen molar-refractivity contribution in [3.8, 4) is 17.0 Å². The van der Waals surface area contributed by atoms with E-state index >= 15 is 0 Å². The predicted octanol–water partition coefficient (Wildman–Crippen LogP) is 2.97. The van der Waals surface area contributed by atoms with Gasteiger partial charge in [-0.25, -0.2) is 14.8 Å². The van der Waals surface area contributed by atoms with Gasteiger partial charge in [-0.1, -0.05) is 30.3 Å². The van der Waals surface area contributed by atoms with Crippen LogP contribution < -0.4 is 10.1 Å². The highest BCUT2D eigenvalue weighted by Crippen LogP contribution is 2.23. The van der Waals surface area contributed by atoms with E-state index in [0.29, 0.717) is 18.1 Å². The van der Waals surface area contributed by atoms with Crippen LogP contribution in [0, 0.1) is 0 Å². The average Bonchev–Trinajstić information content (AvgIpc) is 2.71. The van der Waals surface area contributed by atoms with Crippen molar-refractivity contribution in [2.75, 3.05) is 5.32 Å². The summed E-state index contributed by atoms with van der Waals surface area (Å²) >= 11 is 0. The van der Waals surface area contributed by atoms with Gasteiger partial charge in [-0.2, -0.15) is 0 Å². The van der Waals surface area contributed by atoms with Crippen LogP contribution in [-0.4, -0.2) is 38.3 Å². The Morgan fingerprint density at radius 2 is 1.82 bits per heavy atom. The molecule has 2 unspecified atom stereocenters. The maximum atomic E-state index is 11.2. The zero-order valence-electron chi connectivity index (χ0n) is 15.3. The number of ether oxygens (including phenoxy) is 1. The summed E-state index contributed by atoms with van der Waals surface area (Å²) in [5.74, 6) is -0.0992. The number of carboxylic acids is 1. The van der Waals surface area contributed by atoms with Crippen molar-refractivity contribution in [3.63, 3.8) is 0 Å². The minimum absolute atomic E-state index is 0.322. The molecule has 0 fully saturated rings. The molecule has 0 aliphatic heterocycles. The van der Waals surface area contributed by atoms with Crippen molar-refractivity contribution in [1.82, 2.24) is 9.97 Å². The first-order valence-electron chi connectivity index (χ1n) is 8.79. The predicted molar refractivity (Wildman–Crippen MR) is 105 cm³/mol. The maximum Gasteiger partial charge on any atom is 0.328 e. The number of rotatable bonds is 8. The van der Waals surface area contributed by atoms with Crippen LogP contribution in [0.3, 0.4) is 0 Å². The van der Waals surface area contributed by atoms with Gasteiger partial charge in [0.2, 0.25) is 0 Å². The van der Waals surface area contributed by atoms with E-state index in [2.05, 4.69) is 15.3 Å². The zero-order chi connectivity index (χ0) is 19.9. The van der Waals surface area contributed by atoms with Crippen LogP contribution >= 0.6 is 0 Å². The summed E-state index contributed by atoms with van der Waals surface area (Å²) in [6.07, 6.45) is 0.273. The molecule has 7 nitrogen and oxygen atoms in total. The molecule has 0 amide bonds. The van der Waals surface area contributed by atoms with Crippen LogP contribution in [0.4, 0.5) is 5.82 Å². The van der Waals surface area contributed by atoms with Gasteiger partial charge in [-0.15, -0.1) is 0 Å². The number of nitrogens with zero attached hydrogens (tertiary/aromatic N) is 2. The number of aliphatic hydroxyl groups excluding tert-OH is 1. The fourth-order valence-corrected chi connectivity index (χ4v) is 2.60. The lowest BCUT2D eigenvalue weighted by atomic mass is 10.1. The fraction of sp³-hybridized carbons (Fsp3) is 0.190. The number of carboxylic acid groups (broad SMARTS) is 1. The van der Waals surface area contributed by atoms with Crippen LogP contribution in [0.25, 0.3) is 11.3 Å². The smallest absolute Gasteiger partial charge is 0.328 e. The third kappa shape index (κ3) is 5.05. The monoisotopic (exact) mass is 379 g/mol. The van der Waals surface area contributed by atoms with E-state index in [1.807, 2.05) is 54.6 Å². The standard InChI is InChI=1S/C21H21N3O4/c1-14(25)20(21(26)27)24-19-11-18(22-13-23-19)16-7-9-17(10-8-16)28-12-15-5-3-2-4-6-15/h2-11,13-14,20,25H,12H2,1H3,(H,26,27)(H,22,23,24). The molecule has 144 valence electrons. The van der Waals surface area contributed by atoms with E-state index in [0.717, 1.165) is 16.9 Å². The molecule has 0 spiro atoms. The van der Waals surface area contributed by atoms with E-state index in [4.69, 9.17) is 4.74 Å². The Hall–Kier alpha value is -3.45. The molecule has 0 aliphatic carbocycles. The van der Waals surface area contributed by atoms with Crippen molar-refractivity contribution >= 4 is 11.8 Å². The molecule has 0 bridgehead atoms. The van der Waals surface area contributed by atoms with Gasteiger partial charge in [0.05, 0.1) is 11.8 Å². The summed E-state index contributed by atoms with van der Waals surface area (Å²) in [5.41, 5.74) is 2.55. The molecule has 1 heterocycles. The molecule has 7 heteroatoms. The molecule has 1 aromatic heterocycles. The number of hydrogen-bond acceptors (Lipinski definition) is 6. The first-order valence-corrected chi connectivity index (χ1v) is 8.79. The van der Waals surface area contributed by atoms with Crippen molar-refractivity contribution < 1.29 is 19.7 Å². The summed E-state index contributed by atoms with van der Waals surface area (Å²) in [7, 11) is 0. The first kappa shape index (κ1) is 19.3. The van der Waals surface area contributed by atoms with Crippen LogP contribution in [-0.2, 0) is 11.4 Å². The van der Waals surface area contributed by atoms with Gasteiger partial charge in [0, 0.05) is 11.6 Å². The SMILES string of the molecule is CC(O)C(Nc1cc(-c2ccc(OCc3ccccc3)cc2)ncn1)C(=O)O. The highest BCUT2D eigenvalue weighted by Gasteiger charge is 2.23. The van der Waals surface area contributed by atoms with Gasteiger partial charge < -0.3 is 20.3 Å². The molecular formula is C21H21N3O4. The van der Waals surface area contributed by atoms with E-state index in [1.54, 1.807) is 6.07 Å². The van der Waals surface area contributed by atoms with E-state index in [-0.39, 0.29) is 0 Å². The second kappa shape index (κ2) is 8.96. The number of nitrogens with one attached hydrogen (secondary N) is 1. The second-order valence-electron chi connectivity index (χ2n) is 6.29. The van der Waals surface area contributed by atoms with Crippen molar-refractivity contribution in [1.29, 1.82) is 0 Å². The summed E-state index contributed by atoms with van der Waals surface area (Å²) in [5, 5.41) is 21.5. The number of aromatic nitrogens is 2. The number of aliphatic carboxylic acids is 1. The molecule has 0 radical (unpaired) electrons. The van der Waals surface area contributed by atoms with Gasteiger partial charge >= 0.3 is 5.97 Å². The third-order valence-corrected chi connectivity index (χ3v) is 4.12. The number of carbonyl (C=O) groups is 1. The van der Waals surface area contributed by atoms with Crippen molar-refractivity contribution in [2.45, 2.75) is 25.7 Å². The van der Waals surface area contributed by atoms with Gasteiger partial charge in [0.15, 0.2) is 6.04 Å². The van der Waals surface area contributed by atoms with Crippen LogP contribution in [0.5, 0.6) is 5.75 Å². The Bertz CT molecular complexity index is 914. The lowest BCUT2D eigenvalue weighted by Gasteiger charge is -2.17. The summed E-state index contributed by atoms with van der Waals surface area (Å²) in [4.78, 5) is 19.5. The van der Waals surface area contributed by atoms with Crippen LogP contribution in [0.1, 0.15) is 12.5 Å². The Morgan fingerprint density at radius 3 is 2.46 bits per heavy atom. The topological polar surface area (TPSA) is 105 Å². The number of aliphatic hydroxyl groups is 1. The maximum absolute atomic E-state index is 11.2. The molecule has 3 rings (SSSR count). The zero-order valence-corrected chi connectivity index (χ0v) is 15.3. The molecular weight excluding hydrogens is 358 g/mol. The highest BCUT2D eigenvalue weighted by molar-refractivity contribution is 5.78. The third-order valence-electron chi connectivity index (χ3n) is 4.12. The lowest BCUT2D eigenvalue weighted by Crippen LogP contribution is -2.39. The number of benzene rings is 2. The Labute approximate surface area is 162 Å². The van der Waals surface area contributed by atoms with Gasteiger partial charge in [0.25, 0.3) is 0 Å². The van der Waals surface area contributed by atoms with Gasteiger partial charge in [-0.05, 0) is 36.8 Å². The van der Waals surface area contributed by atoms with E-state index in [1.165, 1.54) is 13.3 Å². The molecule has 0 saturated carbocycles.